The number of carboxylic acids is 1. The predicted molar refractivity (Wildman–Crippen MR) is 71.2 cm³/mol. The number of carbonyl (C=O) groups excluding carboxylic acids is 1. The number of carbonyl (C=O) groups is 2. The zero-order chi connectivity index (χ0) is 15.0. The molecule has 0 aliphatic carbocycles. The summed E-state index contributed by atoms with van der Waals surface area (Å²) < 4.78 is 11.5. The van der Waals surface area contributed by atoms with Crippen LogP contribution < -0.4 is 15.2 Å². The van der Waals surface area contributed by atoms with Crippen LogP contribution in [0.4, 0.5) is 5.82 Å². The van der Waals surface area contributed by atoms with E-state index in [9.17, 15) is 9.59 Å². The molecule has 1 aromatic heterocycles. The molecule has 2 heterocycles. The first kappa shape index (κ1) is 13.0. The highest BCUT2D eigenvalue weighted by Gasteiger charge is 2.20. The number of aromatic nitrogens is 2. The molecule has 0 amide bonds. The van der Waals surface area contributed by atoms with Crippen LogP contribution >= 0.6 is 0 Å². The van der Waals surface area contributed by atoms with Crippen LogP contribution in [0.5, 0.6) is 11.5 Å². The van der Waals surface area contributed by atoms with Crippen LogP contribution in [0.3, 0.4) is 0 Å². The van der Waals surface area contributed by atoms with Gasteiger partial charge in [0.05, 0.1) is 5.56 Å². The largest absolute Gasteiger partial charge is 0.480 e. The van der Waals surface area contributed by atoms with E-state index in [4.69, 9.17) is 20.3 Å². The molecule has 1 aliphatic heterocycles. The van der Waals surface area contributed by atoms with Crippen LogP contribution in [-0.2, 0) is 11.3 Å². The lowest BCUT2D eigenvalue weighted by Gasteiger charge is -2.00. The molecule has 0 radical (unpaired) electrons. The van der Waals surface area contributed by atoms with E-state index in [1.807, 2.05) is 0 Å². The van der Waals surface area contributed by atoms with Gasteiger partial charge in [-0.3, -0.25) is 9.59 Å². The molecule has 21 heavy (non-hydrogen) atoms. The highest BCUT2D eigenvalue weighted by atomic mass is 16.7. The number of carboxylic acid groups (broad SMARTS) is 1. The Bertz CT molecular complexity index is 738. The second kappa shape index (κ2) is 4.82. The van der Waals surface area contributed by atoms with Gasteiger partial charge in [0.15, 0.2) is 17.8 Å². The number of hydrogen-bond acceptors (Lipinski definition) is 6. The number of hydrogen-bond donors (Lipinski definition) is 2. The Morgan fingerprint density at radius 2 is 2.19 bits per heavy atom. The van der Waals surface area contributed by atoms with Gasteiger partial charge in [0, 0.05) is 5.56 Å². The van der Waals surface area contributed by atoms with E-state index in [2.05, 4.69) is 5.10 Å². The molecule has 0 saturated heterocycles. The van der Waals surface area contributed by atoms with Crippen molar-refractivity contribution in [3.05, 3.63) is 23.8 Å². The Hall–Kier alpha value is -3.03. The van der Waals surface area contributed by atoms with E-state index < -0.39 is 12.5 Å². The normalized spacial score (nSPS) is 12.4. The quantitative estimate of drug-likeness (QED) is 0.798. The smallest absolute Gasteiger partial charge is 0.325 e. The molecule has 0 fully saturated rings. The first-order valence-electron chi connectivity index (χ1n) is 6.03. The molecule has 8 heteroatoms. The van der Waals surface area contributed by atoms with Gasteiger partial charge in [0.1, 0.15) is 18.1 Å². The number of nitrogens with zero attached hydrogens (tertiary/aromatic N) is 2. The minimum Gasteiger partial charge on any atom is -0.480 e. The number of nitrogens with two attached hydrogens (primary N) is 1. The van der Waals surface area contributed by atoms with E-state index in [1.165, 1.54) is 0 Å². The molecular weight excluding hydrogens is 278 g/mol. The first-order chi connectivity index (χ1) is 10.1. The fraction of sp³-hybridized carbons (Fsp3) is 0.154. The van der Waals surface area contributed by atoms with Gasteiger partial charge in [-0.15, -0.1) is 0 Å². The van der Waals surface area contributed by atoms with Crippen LogP contribution in [0.15, 0.2) is 18.2 Å². The molecule has 0 unspecified atom stereocenters. The lowest BCUT2D eigenvalue weighted by atomic mass is 10.1. The van der Waals surface area contributed by atoms with Gasteiger partial charge in [-0.05, 0) is 18.2 Å². The summed E-state index contributed by atoms with van der Waals surface area (Å²) in [6, 6.07) is 5.06. The summed E-state index contributed by atoms with van der Waals surface area (Å²) in [5, 5.41) is 12.9. The molecule has 0 bridgehead atoms. The van der Waals surface area contributed by atoms with Crippen molar-refractivity contribution in [2.45, 2.75) is 6.54 Å². The molecule has 1 aromatic carbocycles. The number of fused-ring (bicyclic) bond motifs is 1. The molecule has 3 N–H and O–H groups in total. The monoisotopic (exact) mass is 289 g/mol. The van der Waals surface area contributed by atoms with Gasteiger partial charge in [-0.2, -0.15) is 5.10 Å². The van der Waals surface area contributed by atoms with Crippen molar-refractivity contribution >= 4 is 18.1 Å². The topological polar surface area (TPSA) is 117 Å². The maximum atomic E-state index is 11.2. The highest BCUT2D eigenvalue weighted by Crippen LogP contribution is 2.37. The number of anilines is 1. The van der Waals surface area contributed by atoms with Crippen LogP contribution in [0.1, 0.15) is 10.4 Å². The van der Waals surface area contributed by atoms with Gasteiger partial charge in [0.25, 0.3) is 0 Å². The predicted octanol–water partition coefficient (Wildman–Crippen LogP) is 0.758. The van der Waals surface area contributed by atoms with Gasteiger partial charge in [0.2, 0.25) is 6.79 Å². The third-order valence-electron chi connectivity index (χ3n) is 3.08. The van der Waals surface area contributed by atoms with E-state index in [0.29, 0.717) is 29.0 Å². The number of nitrogen functional groups attached to an aromatic ring is 1. The molecule has 1 aliphatic rings. The van der Waals surface area contributed by atoms with Gasteiger partial charge < -0.3 is 20.3 Å². The Kier molecular flexibility index (Phi) is 2.98. The minimum absolute atomic E-state index is 0.0140. The minimum atomic E-state index is -1.10. The third kappa shape index (κ3) is 2.16. The molecule has 0 spiro atoms. The zero-order valence-corrected chi connectivity index (χ0v) is 10.8. The van der Waals surface area contributed by atoms with E-state index >= 15 is 0 Å². The number of ether oxygens (including phenoxy) is 2. The van der Waals surface area contributed by atoms with Crippen LogP contribution in [0.2, 0.25) is 0 Å². The Labute approximate surface area is 118 Å². The van der Waals surface area contributed by atoms with Gasteiger partial charge in [-0.25, -0.2) is 4.68 Å². The maximum absolute atomic E-state index is 11.2. The van der Waals surface area contributed by atoms with Crippen molar-refractivity contribution in [1.29, 1.82) is 0 Å². The molecule has 108 valence electrons. The lowest BCUT2D eigenvalue weighted by Crippen LogP contribution is -2.12. The van der Waals surface area contributed by atoms with Crippen molar-refractivity contribution in [3.63, 3.8) is 0 Å². The number of benzene rings is 1. The molecule has 0 atom stereocenters. The maximum Gasteiger partial charge on any atom is 0.325 e. The fourth-order valence-electron chi connectivity index (χ4n) is 2.11. The summed E-state index contributed by atoms with van der Waals surface area (Å²) in [6.45, 7) is -0.286. The van der Waals surface area contributed by atoms with Crippen molar-refractivity contribution in [2.24, 2.45) is 0 Å². The van der Waals surface area contributed by atoms with Crippen LogP contribution in [0, 0.1) is 0 Å². The van der Waals surface area contributed by atoms with Crippen LogP contribution in [-0.4, -0.2) is 33.9 Å². The Balaban J connectivity index is 2.09. The number of rotatable bonds is 4. The molecule has 2 aromatic rings. The van der Waals surface area contributed by atoms with Gasteiger partial charge in [-0.1, -0.05) is 0 Å². The zero-order valence-electron chi connectivity index (χ0n) is 10.8. The molecule has 3 rings (SSSR count). The summed E-state index contributed by atoms with van der Waals surface area (Å²) in [5.41, 5.74) is 6.81. The van der Waals surface area contributed by atoms with E-state index in [0.717, 1.165) is 4.68 Å². The van der Waals surface area contributed by atoms with Crippen molar-refractivity contribution in [3.8, 4) is 22.8 Å². The summed E-state index contributed by atoms with van der Waals surface area (Å²) in [4.78, 5) is 22.0. The SMILES string of the molecule is Nc1c(C=O)c(-c2ccc3c(c2)OCO3)nn1CC(=O)O. The lowest BCUT2D eigenvalue weighted by molar-refractivity contribution is -0.137. The fourth-order valence-corrected chi connectivity index (χ4v) is 2.11. The Morgan fingerprint density at radius 1 is 1.43 bits per heavy atom. The van der Waals surface area contributed by atoms with E-state index in [-0.39, 0.29) is 18.2 Å². The molecular formula is C13H11N3O5. The third-order valence-corrected chi connectivity index (χ3v) is 3.08. The molecule has 8 nitrogen and oxygen atoms in total. The van der Waals surface area contributed by atoms with Crippen molar-refractivity contribution < 1.29 is 24.2 Å². The second-order valence-electron chi connectivity index (χ2n) is 4.38. The number of aliphatic carboxylic acids is 1. The standard InChI is InChI=1S/C13H11N3O5/c14-13-8(5-17)12(15-16(13)4-11(18)19)7-1-2-9-10(3-7)21-6-20-9/h1-3,5H,4,6,14H2,(H,18,19). The summed E-state index contributed by atoms with van der Waals surface area (Å²) in [7, 11) is 0. The van der Waals surface area contributed by atoms with Gasteiger partial charge >= 0.3 is 5.97 Å². The van der Waals surface area contributed by atoms with Crippen molar-refractivity contribution in [2.75, 3.05) is 12.5 Å². The summed E-state index contributed by atoms with van der Waals surface area (Å²) >= 11 is 0. The first-order valence-corrected chi connectivity index (χ1v) is 6.03. The van der Waals surface area contributed by atoms with Crippen molar-refractivity contribution in [1.82, 2.24) is 9.78 Å². The molecule has 0 saturated carbocycles. The average Bonchev–Trinajstić information content (AvgIpc) is 3.03. The summed E-state index contributed by atoms with van der Waals surface area (Å²) in [6.07, 6.45) is 0.556. The van der Waals surface area contributed by atoms with Crippen LogP contribution in [0.25, 0.3) is 11.3 Å². The average molecular weight is 289 g/mol. The second-order valence-corrected chi connectivity index (χ2v) is 4.38. The Morgan fingerprint density at radius 3 is 2.90 bits per heavy atom. The summed E-state index contributed by atoms with van der Waals surface area (Å²) in [5.74, 6) is 0.0546. The highest BCUT2D eigenvalue weighted by molar-refractivity contribution is 5.92. The number of aldehydes is 1. The van der Waals surface area contributed by atoms with E-state index in [1.54, 1.807) is 18.2 Å².